The van der Waals surface area contributed by atoms with E-state index in [0.29, 0.717) is 10.7 Å². The Balaban J connectivity index is 1.64. The smallest absolute Gasteiger partial charge is 0.241 e. The molecule has 2 atom stereocenters. The fraction of sp³-hybridized carbons (Fsp3) is 0.300. The highest BCUT2D eigenvalue weighted by atomic mass is 35.5. The predicted octanol–water partition coefficient (Wildman–Crippen LogP) is 2.77. The second-order valence-electron chi connectivity index (χ2n) is 6.99. The maximum atomic E-state index is 12.6. The molecule has 1 aliphatic carbocycles. The molecule has 1 unspecified atom stereocenters. The van der Waals surface area contributed by atoms with Crippen molar-refractivity contribution >= 4 is 39.1 Å². The summed E-state index contributed by atoms with van der Waals surface area (Å²) < 4.78 is 27.5. The molecule has 0 heterocycles. The zero-order valence-corrected chi connectivity index (χ0v) is 17.6. The molecule has 9 heteroatoms. The molecule has 0 saturated carbocycles. The van der Waals surface area contributed by atoms with Gasteiger partial charge in [-0.15, -0.1) is 0 Å². The van der Waals surface area contributed by atoms with Crippen LogP contribution in [0.1, 0.15) is 37.4 Å². The Morgan fingerprint density at radius 1 is 1.14 bits per heavy atom. The summed E-state index contributed by atoms with van der Waals surface area (Å²) in [7, 11) is -3.89. The van der Waals surface area contributed by atoms with E-state index >= 15 is 0 Å². The first-order valence-corrected chi connectivity index (χ1v) is 11.0. The maximum absolute atomic E-state index is 12.6. The summed E-state index contributed by atoms with van der Waals surface area (Å²) >= 11 is 6.01. The van der Waals surface area contributed by atoms with E-state index in [1.54, 1.807) is 6.07 Å². The monoisotopic (exact) mass is 435 g/mol. The Hall–Kier alpha value is -2.42. The Kier molecular flexibility index (Phi) is 6.26. The van der Waals surface area contributed by atoms with Gasteiger partial charge < -0.3 is 10.6 Å². The fourth-order valence-corrected chi connectivity index (χ4v) is 4.71. The zero-order chi connectivity index (χ0) is 21.2. The van der Waals surface area contributed by atoms with Gasteiger partial charge in [0.25, 0.3) is 0 Å². The van der Waals surface area contributed by atoms with Crippen molar-refractivity contribution in [1.29, 1.82) is 0 Å². The molecule has 2 amide bonds. The average Bonchev–Trinajstić information content (AvgIpc) is 3.03. The van der Waals surface area contributed by atoms with Crippen molar-refractivity contribution in [2.24, 2.45) is 0 Å². The number of hydrogen-bond donors (Lipinski definition) is 3. The molecule has 3 rings (SSSR count). The number of sulfonamides is 1. The highest BCUT2D eigenvalue weighted by Gasteiger charge is 2.28. The minimum atomic E-state index is -3.89. The third-order valence-corrected chi connectivity index (χ3v) is 6.50. The number of halogens is 1. The van der Waals surface area contributed by atoms with E-state index in [1.807, 2.05) is 12.1 Å². The molecule has 7 nitrogen and oxygen atoms in total. The number of rotatable bonds is 6. The molecule has 3 N–H and O–H groups in total. The predicted molar refractivity (Wildman–Crippen MR) is 111 cm³/mol. The van der Waals surface area contributed by atoms with Crippen molar-refractivity contribution in [1.82, 2.24) is 10.0 Å². The lowest BCUT2D eigenvalue weighted by Gasteiger charge is -2.19. The number of fused-ring (bicyclic) bond motifs is 1. The first kappa shape index (κ1) is 21.3. The van der Waals surface area contributed by atoms with Gasteiger partial charge in [0.1, 0.15) is 0 Å². The maximum Gasteiger partial charge on any atom is 0.241 e. The van der Waals surface area contributed by atoms with Gasteiger partial charge in [0.15, 0.2) is 0 Å². The SMILES string of the molecule is CC(=O)Nc1ccc(S(=O)(=O)N[C@@H](C)C(=O)NC2CCc3cc(Cl)ccc32)cc1. The molecule has 154 valence electrons. The van der Waals surface area contributed by atoms with Crippen LogP contribution in [0.3, 0.4) is 0 Å². The topological polar surface area (TPSA) is 104 Å². The van der Waals surface area contributed by atoms with Crippen LogP contribution in [0, 0.1) is 0 Å². The summed E-state index contributed by atoms with van der Waals surface area (Å²) in [4.78, 5) is 23.6. The van der Waals surface area contributed by atoms with Gasteiger partial charge >= 0.3 is 0 Å². The number of anilines is 1. The van der Waals surface area contributed by atoms with Gasteiger partial charge in [-0.25, -0.2) is 8.42 Å². The Morgan fingerprint density at radius 2 is 1.83 bits per heavy atom. The van der Waals surface area contributed by atoms with Gasteiger partial charge in [-0.3, -0.25) is 9.59 Å². The van der Waals surface area contributed by atoms with Crippen molar-refractivity contribution in [3.63, 3.8) is 0 Å². The Morgan fingerprint density at radius 3 is 2.48 bits per heavy atom. The van der Waals surface area contributed by atoms with E-state index < -0.39 is 22.0 Å². The van der Waals surface area contributed by atoms with Crippen LogP contribution in [0.15, 0.2) is 47.4 Å². The average molecular weight is 436 g/mol. The highest BCUT2D eigenvalue weighted by Crippen LogP contribution is 2.32. The standard InChI is InChI=1S/C20H22ClN3O4S/c1-12(20(26)23-19-10-3-14-11-15(21)4-9-18(14)19)24-29(27,28)17-7-5-16(6-8-17)22-13(2)25/h4-9,11-12,19,24H,3,10H2,1-2H3,(H,22,25)(H,23,26)/t12-,19?/m0/s1. The molecule has 29 heavy (non-hydrogen) atoms. The molecule has 0 spiro atoms. The van der Waals surface area contributed by atoms with Gasteiger partial charge in [-0.1, -0.05) is 17.7 Å². The second kappa shape index (κ2) is 8.52. The van der Waals surface area contributed by atoms with E-state index in [-0.39, 0.29) is 16.8 Å². The number of carbonyl (C=O) groups is 2. The Labute approximate surface area is 174 Å². The summed E-state index contributed by atoms with van der Waals surface area (Å²) in [5.41, 5.74) is 2.59. The molecule has 0 fully saturated rings. The quantitative estimate of drug-likeness (QED) is 0.648. The van der Waals surface area contributed by atoms with Gasteiger partial charge in [0, 0.05) is 17.6 Å². The number of hydrogen-bond acceptors (Lipinski definition) is 4. The molecule has 0 aromatic heterocycles. The van der Waals surface area contributed by atoms with Crippen LogP contribution in [0.4, 0.5) is 5.69 Å². The molecular weight excluding hydrogens is 414 g/mol. The van der Waals surface area contributed by atoms with Gasteiger partial charge in [-0.05, 0) is 67.3 Å². The highest BCUT2D eigenvalue weighted by molar-refractivity contribution is 7.89. The van der Waals surface area contributed by atoms with Crippen LogP contribution in [0.5, 0.6) is 0 Å². The van der Waals surface area contributed by atoms with Gasteiger partial charge in [-0.2, -0.15) is 4.72 Å². The van der Waals surface area contributed by atoms with Crippen LogP contribution in [0.25, 0.3) is 0 Å². The Bertz CT molecular complexity index is 1040. The number of aryl methyl sites for hydroxylation is 1. The molecule has 2 aromatic rings. The number of amides is 2. The molecule has 0 bridgehead atoms. The van der Waals surface area contributed by atoms with Crippen LogP contribution in [0.2, 0.25) is 5.02 Å². The molecule has 0 aliphatic heterocycles. The van der Waals surface area contributed by atoms with Crippen LogP contribution in [-0.4, -0.2) is 26.3 Å². The molecule has 0 saturated heterocycles. The summed E-state index contributed by atoms with van der Waals surface area (Å²) in [6.07, 6.45) is 1.55. The summed E-state index contributed by atoms with van der Waals surface area (Å²) in [5, 5.41) is 6.12. The van der Waals surface area contributed by atoms with Crippen molar-refractivity contribution in [3.8, 4) is 0 Å². The third-order valence-electron chi connectivity index (χ3n) is 4.71. The van der Waals surface area contributed by atoms with E-state index in [9.17, 15) is 18.0 Å². The van der Waals surface area contributed by atoms with E-state index in [2.05, 4.69) is 15.4 Å². The molecular formula is C20H22ClN3O4S. The fourth-order valence-electron chi connectivity index (χ4n) is 3.31. The molecule has 0 radical (unpaired) electrons. The number of benzene rings is 2. The van der Waals surface area contributed by atoms with Crippen molar-refractivity contribution in [2.45, 2.75) is 43.7 Å². The normalized spacial score (nSPS) is 16.7. The van der Waals surface area contributed by atoms with E-state index in [1.165, 1.54) is 38.1 Å². The van der Waals surface area contributed by atoms with Gasteiger partial charge in [0.05, 0.1) is 17.0 Å². The van der Waals surface area contributed by atoms with Gasteiger partial charge in [0.2, 0.25) is 21.8 Å². The first-order chi connectivity index (χ1) is 13.7. The number of carbonyl (C=O) groups excluding carboxylic acids is 2. The number of nitrogens with one attached hydrogen (secondary N) is 3. The molecule has 2 aromatic carbocycles. The van der Waals surface area contributed by atoms with Crippen LogP contribution < -0.4 is 15.4 Å². The summed E-state index contributed by atoms with van der Waals surface area (Å²) in [6.45, 7) is 2.86. The van der Waals surface area contributed by atoms with Crippen molar-refractivity contribution in [2.75, 3.05) is 5.32 Å². The third kappa shape index (κ3) is 5.14. The van der Waals surface area contributed by atoms with E-state index in [4.69, 9.17) is 11.6 Å². The van der Waals surface area contributed by atoms with Crippen LogP contribution in [-0.2, 0) is 26.0 Å². The lowest BCUT2D eigenvalue weighted by molar-refractivity contribution is -0.123. The summed E-state index contributed by atoms with van der Waals surface area (Å²) in [5.74, 6) is -0.656. The van der Waals surface area contributed by atoms with Crippen molar-refractivity contribution < 1.29 is 18.0 Å². The lowest BCUT2D eigenvalue weighted by Crippen LogP contribution is -2.45. The summed E-state index contributed by atoms with van der Waals surface area (Å²) in [6, 6.07) is 10.2. The largest absolute Gasteiger partial charge is 0.348 e. The minimum Gasteiger partial charge on any atom is -0.348 e. The van der Waals surface area contributed by atoms with E-state index in [0.717, 1.165) is 24.0 Å². The second-order valence-corrected chi connectivity index (χ2v) is 9.14. The zero-order valence-electron chi connectivity index (χ0n) is 16.0. The van der Waals surface area contributed by atoms with Crippen LogP contribution >= 0.6 is 11.6 Å². The molecule has 1 aliphatic rings. The minimum absolute atomic E-state index is 0.00658. The first-order valence-electron chi connectivity index (χ1n) is 9.14. The lowest BCUT2D eigenvalue weighted by atomic mass is 10.1. The van der Waals surface area contributed by atoms with Crippen molar-refractivity contribution in [3.05, 3.63) is 58.6 Å².